The third kappa shape index (κ3) is 6.28. The van der Waals surface area contributed by atoms with Crippen LogP contribution in [0.3, 0.4) is 0 Å². The summed E-state index contributed by atoms with van der Waals surface area (Å²) in [7, 11) is 0. The van der Waals surface area contributed by atoms with Gasteiger partial charge in [0.1, 0.15) is 0 Å². The second-order valence-corrected chi connectivity index (χ2v) is 2.65. The molecule has 3 N–H and O–H groups in total. The standard InChI is InChI=1S/C8H19NO.H3N/c1-5-7-9(8(3)4)10-6-2;/h8H,5-7H2,1-4H3;1H3. The fourth-order valence-corrected chi connectivity index (χ4v) is 0.858. The lowest BCUT2D eigenvalue weighted by atomic mass is 10.3. The first-order chi connectivity index (χ1) is 4.72. The van der Waals surface area contributed by atoms with Crippen LogP contribution in [0, 0.1) is 0 Å². The van der Waals surface area contributed by atoms with E-state index < -0.39 is 0 Å². The van der Waals surface area contributed by atoms with E-state index in [9.17, 15) is 0 Å². The summed E-state index contributed by atoms with van der Waals surface area (Å²) in [5, 5.41) is 2.03. The van der Waals surface area contributed by atoms with Gasteiger partial charge in [-0.3, -0.25) is 4.84 Å². The van der Waals surface area contributed by atoms with E-state index in [0.29, 0.717) is 6.04 Å². The molecule has 0 spiro atoms. The van der Waals surface area contributed by atoms with Crippen LogP contribution in [0.15, 0.2) is 0 Å². The molecule has 0 saturated carbocycles. The summed E-state index contributed by atoms with van der Waals surface area (Å²) in [6, 6.07) is 0.500. The van der Waals surface area contributed by atoms with Crippen molar-refractivity contribution in [1.82, 2.24) is 11.2 Å². The second-order valence-electron chi connectivity index (χ2n) is 2.65. The van der Waals surface area contributed by atoms with Gasteiger partial charge in [-0.05, 0) is 27.2 Å². The average molecular weight is 162 g/mol. The van der Waals surface area contributed by atoms with Crippen LogP contribution in [-0.2, 0) is 4.84 Å². The Labute approximate surface area is 70.3 Å². The van der Waals surface area contributed by atoms with Gasteiger partial charge in [-0.15, -0.1) is 0 Å². The van der Waals surface area contributed by atoms with Crippen molar-refractivity contribution in [3.05, 3.63) is 0 Å². The molecule has 0 radical (unpaired) electrons. The molecule has 0 aromatic heterocycles. The number of nitrogens with zero attached hydrogens (tertiary/aromatic N) is 1. The maximum absolute atomic E-state index is 5.38. The molecule has 0 atom stereocenters. The summed E-state index contributed by atoms with van der Waals surface area (Å²) in [4.78, 5) is 5.38. The summed E-state index contributed by atoms with van der Waals surface area (Å²) < 4.78 is 0. The summed E-state index contributed by atoms with van der Waals surface area (Å²) in [6.07, 6.45) is 1.15. The molecule has 0 heterocycles. The van der Waals surface area contributed by atoms with Crippen LogP contribution < -0.4 is 6.15 Å². The lowest BCUT2D eigenvalue weighted by Gasteiger charge is -2.24. The van der Waals surface area contributed by atoms with E-state index in [-0.39, 0.29) is 6.15 Å². The summed E-state index contributed by atoms with van der Waals surface area (Å²) >= 11 is 0. The number of hydroxylamine groups is 2. The maximum Gasteiger partial charge on any atom is 0.0657 e. The first-order valence-corrected chi connectivity index (χ1v) is 4.11. The molecule has 0 aliphatic rings. The predicted molar refractivity (Wildman–Crippen MR) is 48.8 cm³/mol. The van der Waals surface area contributed by atoms with Crippen molar-refractivity contribution >= 4 is 0 Å². The van der Waals surface area contributed by atoms with E-state index in [4.69, 9.17) is 4.84 Å². The van der Waals surface area contributed by atoms with Crippen molar-refractivity contribution in [2.45, 2.75) is 40.2 Å². The topological polar surface area (TPSA) is 47.5 Å². The number of hydrogen-bond acceptors (Lipinski definition) is 3. The average Bonchev–Trinajstić information content (AvgIpc) is 1.87. The fourth-order valence-electron chi connectivity index (χ4n) is 0.858. The van der Waals surface area contributed by atoms with Crippen LogP contribution in [0.2, 0.25) is 0 Å². The van der Waals surface area contributed by atoms with Crippen molar-refractivity contribution < 1.29 is 4.84 Å². The van der Waals surface area contributed by atoms with E-state index in [1.807, 2.05) is 12.0 Å². The normalized spacial score (nSPS) is 10.4. The molecule has 0 aliphatic heterocycles. The lowest BCUT2D eigenvalue weighted by Crippen LogP contribution is -2.31. The predicted octanol–water partition coefficient (Wildman–Crippen LogP) is 2.22. The van der Waals surface area contributed by atoms with E-state index in [1.165, 1.54) is 0 Å². The monoisotopic (exact) mass is 162 g/mol. The summed E-state index contributed by atoms with van der Waals surface area (Å²) in [6.45, 7) is 10.3. The first kappa shape index (κ1) is 13.5. The minimum atomic E-state index is 0. The van der Waals surface area contributed by atoms with Crippen LogP contribution in [0.25, 0.3) is 0 Å². The van der Waals surface area contributed by atoms with Crippen molar-refractivity contribution in [2.75, 3.05) is 13.2 Å². The van der Waals surface area contributed by atoms with Gasteiger partial charge < -0.3 is 6.15 Å². The van der Waals surface area contributed by atoms with Crippen LogP contribution in [-0.4, -0.2) is 24.3 Å². The summed E-state index contributed by atoms with van der Waals surface area (Å²) in [5.74, 6) is 0. The quantitative estimate of drug-likeness (QED) is 0.630. The lowest BCUT2D eigenvalue weighted by molar-refractivity contribution is -0.175. The Kier molecular flexibility index (Phi) is 9.77. The molecule has 0 unspecified atom stereocenters. The van der Waals surface area contributed by atoms with Gasteiger partial charge in [-0.2, -0.15) is 5.06 Å². The van der Waals surface area contributed by atoms with Crippen LogP contribution >= 0.6 is 0 Å². The zero-order chi connectivity index (χ0) is 7.98. The van der Waals surface area contributed by atoms with Crippen molar-refractivity contribution in [1.29, 1.82) is 0 Å². The van der Waals surface area contributed by atoms with Crippen LogP contribution in [0.5, 0.6) is 0 Å². The molecular formula is C8H22N2O. The Balaban J connectivity index is 0. The molecule has 11 heavy (non-hydrogen) atoms. The van der Waals surface area contributed by atoms with Crippen LogP contribution in [0.1, 0.15) is 34.1 Å². The molecule has 0 fully saturated rings. The molecule has 70 valence electrons. The minimum absolute atomic E-state index is 0. The smallest absolute Gasteiger partial charge is 0.0657 e. The Hall–Kier alpha value is -0.120. The molecule has 0 aromatic rings. The highest BCUT2D eigenvalue weighted by Gasteiger charge is 2.06. The van der Waals surface area contributed by atoms with E-state index in [1.54, 1.807) is 0 Å². The Morgan fingerprint density at radius 2 is 1.82 bits per heavy atom. The van der Waals surface area contributed by atoms with Gasteiger partial charge in [0, 0.05) is 12.6 Å². The molecule has 0 aromatic carbocycles. The highest BCUT2D eigenvalue weighted by molar-refractivity contribution is 4.50. The number of rotatable bonds is 5. The van der Waals surface area contributed by atoms with Crippen LogP contribution in [0.4, 0.5) is 0 Å². The first-order valence-electron chi connectivity index (χ1n) is 4.11. The molecule has 0 bridgehead atoms. The SMILES string of the molecule is CCCN(OCC)C(C)C.N. The van der Waals surface area contributed by atoms with E-state index >= 15 is 0 Å². The largest absolute Gasteiger partial charge is 0.344 e. The van der Waals surface area contributed by atoms with Crippen molar-refractivity contribution in [3.63, 3.8) is 0 Å². The third-order valence-electron chi connectivity index (χ3n) is 1.31. The molecular weight excluding hydrogens is 140 g/mol. The highest BCUT2D eigenvalue weighted by Crippen LogP contribution is 1.99. The van der Waals surface area contributed by atoms with Gasteiger partial charge in [-0.1, -0.05) is 6.92 Å². The zero-order valence-corrected chi connectivity index (χ0v) is 8.26. The highest BCUT2D eigenvalue weighted by atomic mass is 16.7. The zero-order valence-electron chi connectivity index (χ0n) is 8.26. The molecule has 3 nitrogen and oxygen atoms in total. The molecule has 0 aliphatic carbocycles. The van der Waals surface area contributed by atoms with Gasteiger partial charge in [0.25, 0.3) is 0 Å². The molecule has 3 heteroatoms. The Morgan fingerprint density at radius 1 is 1.27 bits per heavy atom. The van der Waals surface area contributed by atoms with Crippen molar-refractivity contribution in [3.8, 4) is 0 Å². The third-order valence-corrected chi connectivity index (χ3v) is 1.31. The summed E-state index contributed by atoms with van der Waals surface area (Å²) in [5.41, 5.74) is 0. The molecule has 0 amide bonds. The van der Waals surface area contributed by atoms with Crippen molar-refractivity contribution in [2.24, 2.45) is 0 Å². The Morgan fingerprint density at radius 3 is 2.09 bits per heavy atom. The number of hydrogen-bond donors (Lipinski definition) is 1. The van der Waals surface area contributed by atoms with Gasteiger partial charge in [0.05, 0.1) is 6.61 Å². The van der Waals surface area contributed by atoms with Gasteiger partial charge in [0.15, 0.2) is 0 Å². The van der Waals surface area contributed by atoms with E-state index in [2.05, 4.69) is 20.8 Å². The minimum Gasteiger partial charge on any atom is -0.344 e. The van der Waals surface area contributed by atoms with Gasteiger partial charge >= 0.3 is 0 Å². The molecule has 0 rings (SSSR count). The fraction of sp³-hybridized carbons (Fsp3) is 1.00. The molecule has 0 saturated heterocycles. The van der Waals surface area contributed by atoms with E-state index in [0.717, 1.165) is 19.6 Å². The van der Waals surface area contributed by atoms with Gasteiger partial charge in [0.2, 0.25) is 0 Å². The van der Waals surface area contributed by atoms with Gasteiger partial charge in [-0.25, -0.2) is 0 Å². The second kappa shape index (κ2) is 7.98. The Bertz CT molecular complexity index is 70.5. The maximum atomic E-state index is 5.38.